The minimum Gasteiger partial charge on any atom is -0.269 e. The Hall–Kier alpha value is -2.16. The van der Waals surface area contributed by atoms with Crippen LogP contribution in [0.1, 0.15) is 5.56 Å². The molecule has 0 saturated carbocycles. The molecule has 0 aliphatic carbocycles. The van der Waals surface area contributed by atoms with Gasteiger partial charge >= 0.3 is 6.18 Å². The molecule has 1 N–H and O–H groups in total. The van der Waals surface area contributed by atoms with Gasteiger partial charge in [-0.15, -0.1) is 0 Å². The van der Waals surface area contributed by atoms with Gasteiger partial charge in [-0.3, -0.25) is 9.52 Å². The zero-order valence-electron chi connectivity index (χ0n) is 9.64. The summed E-state index contributed by atoms with van der Waals surface area (Å²) >= 11 is 0. The van der Waals surface area contributed by atoms with Crippen LogP contribution >= 0.6 is 0 Å². The maximum atomic E-state index is 13.0. The van der Waals surface area contributed by atoms with E-state index in [1.165, 1.54) is 18.3 Å². The highest BCUT2D eigenvalue weighted by atomic mass is 32.2. The molecule has 104 valence electrons. The molecule has 1 amide bonds. The van der Waals surface area contributed by atoms with Crippen molar-refractivity contribution in [2.24, 2.45) is 0 Å². The molecule has 0 bridgehead atoms. The van der Waals surface area contributed by atoms with Gasteiger partial charge < -0.3 is 0 Å². The summed E-state index contributed by atoms with van der Waals surface area (Å²) in [5.74, 6) is -0.633. The van der Waals surface area contributed by atoms with Crippen molar-refractivity contribution in [2.45, 2.75) is 6.18 Å². The first-order chi connectivity index (χ1) is 9.38. The van der Waals surface area contributed by atoms with Crippen molar-refractivity contribution in [3.63, 3.8) is 0 Å². The predicted octanol–water partition coefficient (Wildman–Crippen LogP) is 1.65. The number of hydrogen-bond donors (Lipinski definition) is 1. The summed E-state index contributed by atoms with van der Waals surface area (Å²) in [5, 5.41) is 3.92. The van der Waals surface area contributed by atoms with Crippen LogP contribution in [0.15, 0.2) is 30.5 Å². The summed E-state index contributed by atoms with van der Waals surface area (Å²) in [6.07, 6.45) is -2.38. The third-order valence-corrected chi connectivity index (χ3v) is 3.80. The highest BCUT2D eigenvalue weighted by Gasteiger charge is 2.35. The van der Waals surface area contributed by atoms with Crippen molar-refractivity contribution in [3.05, 3.63) is 36.0 Å². The highest BCUT2D eigenvalue weighted by Crippen LogP contribution is 2.35. The molecule has 20 heavy (non-hydrogen) atoms. The van der Waals surface area contributed by atoms with Gasteiger partial charge in [-0.1, -0.05) is 12.1 Å². The van der Waals surface area contributed by atoms with Gasteiger partial charge in [0.05, 0.1) is 17.3 Å². The summed E-state index contributed by atoms with van der Waals surface area (Å²) < 4.78 is 53.7. The van der Waals surface area contributed by atoms with Crippen LogP contribution in [0, 0.1) is 0 Å². The SMILES string of the molecule is O=C1C=C(n2ncc3cccc(C(F)(F)F)c32)S(=O)N1. The number of carbonyl (C=O) groups excluding carboxylic acids is 1. The number of carbonyl (C=O) groups is 1. The number of hydrogen-bond acceptors (Lipinski definition) is 3. The number of aromatic nitrogens is 2. The van der Waals surface area contributed by atoms with Gasteiger partial charge in [0.25, 0.3) is 5.91 Å². The molecule has 0 radical (unpaired) electrons. The largest absolute Gasteiger partial charge is 0.418 e. The monoisotopic (exact) mass is 301 g/mol. The molecule has 0 fully saturated rings. The molecular formula is C11H6F3N3O2S. The van der Waals surface area contributed by atoms with E-state index < -0.39 is 28.6 Å². The van der Waals surface area contributed by atoms with E-state index in [0.717, 1.165) is 16.8 Å². The Morgan fingerprint density at radius 3 is 2.65 bits per heavy atom. The standard InChI is InChI=1S/C11H6F3N3O2S/c12-11(13,14)7-3-1-2-6-5-15-17(10(6)7)9-4-8(18)16-20(9)19/h1-5H,(H,16,18). The minimum atomic E-state index is -4.57. The van der Waals surface area contributed by atoms with Gasteiger partial charge in [0, 0.05) is 11.5 Å². The quantitative estimate of drug-likeness (QED) is 0.871. The van der Waals surface area contributed by atoms with E-state index in [1.54, 1.807) is 0 Å². The summed E-state index contributed by atoms with van der Waals surface area (Å²) in [4.78, 5) is 11.1. The van der Waals surface area contributed by atoms with E-state index in [4.69, 9.17) is 0 Å². The molecule has 1 atom stereocenters. The van der Waals surface area contributed by atoms with Gasteiger partial charge in [-0.2, -0.15) is 18.3 Å². The second kappa shape index (κ2) is 4.17. The van der Waals surface area contributed by atoms with Crippen molar-refractivity contribution < 1.29 is 22.2 Å². The fraction of sp³-hybridized carbons (Fsp3) is 0.0909. The second-order valence-corrected chi connectivity index (χ2v) is 5.18. The number of benzene rings is 1. The molecule has 0 saturated heterocycles. The number of rotatable bonds is 1. The lowest BCUT2D eigenvalue weighted by Gasteiger charge is -2.10. The summed E-state index contributed by atoms with van der Waals surface area (Å²) in [7, 11) is -1.92. The number of nitrogens with zero attached hydrogens (tertiary/aromatic N) is 2. The molecular weight excluding hydrogens is 295 g/mol. The lowest BCUT2D eigenvalue weighted by Crippen LogP contribution is -2.18. The van der Waals surface area contributed by atoms with Crippen LogP contribution in [-0.2, 0) is 22.0 Å². The molecule has 1 aliphatic rings. The van der Waals surface area contributed by atoms with Crippen LogP contribution in [0.2, 0.25) is 0 Å². The first kappa shape index (κ1) is 12.9. The highest BCUT2D eigenvalue weighted by molar-refractivity contribution is 7.93. The fourth-order valence-corrected chi connectivity index (χ4v) is 2.81. The minimum absolute atomic E-state index is 0.123. The second-order valence-electron chi connectivity index (χ2n) is 4.02. The molecule has 1 aliphatic heterocycles. The van der Waals surface area contributed by atoms with Crippen LogP contribution in [0.4, 0.5) is 13.2 Å². The van der Waals surface area contributed by atoms with Crippen molar-refractivity contribution in [1.29, 1.82) is 0 Å². The van der Waals surface area contributed by atoms with E-state index in [9.17, 15) is 22.2 Å². The Bertz CT molecular complexity index is 779. The average molecular weight is 301 g/mol. The molecule has 1 aromatic carbocycles. The van der Waals surface area contributed by atoms with Crippen LogP contribution < -0.4 is 4.72 Å². The fourth-order valence-electron chi connectivity index (χ4n) is 1.95. The van der Waals surface area contributed by atoms with Crippen LogP contribution in [0.3, 0.4) is 0 Å². The van der Waals surface area contributed by atoms with Gasteiger partial charge in [0.1, 0.15) is 0 Å². The van der Waals surface area contributed by atoms with Crippen molar-refractivity contribution >= 4 is 32.8 Å². The predicted molar refractivity (Wildman–Crippen MR) is 65.3 cm³/mol. The molecule has 9 heteroatoms. The summed E-state index contributed by atoms with van der Waals surface area (Å²) in [6, 6.07) is 3.64. The Morgan fingerprint density at radius 1 is 1.30 bits per heavy atom. The summed E-state index contributed by atoms with van der Waals surface area (Å²) in [6.45, 7) is 0. The summed E-state index contributed by atoms with van der Waals surface area (Å²) in [5.41, 5.74) is -1.12. The Labute approximate surface area is 112 Å². The third kappa shape index (κ3) is 1.90. The molecule has 2 heterocycles. The van der Waals surface area contributed by atoms with E-state index >= 15 is 0 Å². The first-order valence-corrected chi connectivity index (χ1v) is 6.51. The molecule has 0 spiro atoms. The molecule has 2 aromatic rings. The maximum absolute atomic E-state index is 13.0. The van der Waals surface area contributed by atoms with Crippen LogP contribution in [0.25, 0.3) is 15.9 Å². The Kier molecular flexibility index (Phi) is 2.68. The first-order valence-electron chi connectivity index (χ1n) is 5.36. The van der Waals surface area contributed by atoms with Crippen molar-refractivity contribution in [2.75, 3.05) is 0 Å². The van der Waals surface area contributed by atoms with E-state index in [0.29, 0.717) is 0 Å². The molecule has 1 unspecified atom stereocenters. The third-order valence-electron chi connectivity index (χ3n) is 2.74. The van der Waals surface area contributed by atoms with Crippen LogP contribution in [0.5, 0.6) is 0 Å². The Balaban J connectivity index is 2.31. The van der Waals surface area contributed by atoms with Gasteiger partial charge in [0.2, 0.25) is 0 Å². The number of amides is 1. The number of alkyl halides is 3. The Morgan fingerprint density at radius 2 is 2.05 bits per heavy atom. The van der Waals surface area contributed by atoms with Gasteiger partial charge in [-0.05, 0) is 6.07 Å². The number of nitrogens with one attached hydrogen (secondary N) is 1. The van der Waals surface area contributed by atoms with Crippen molar-refractivity contribution in [3.8, 4) is 0 Å². The van der Waals surface area contributed by atoms with E-state index in [-0.39, 0.29) is 15.9 Å². The van der Waals surface area contributed by atoms with Gasteiger partial charge in [0.15, 0.2) is 16.0 Å². The molecule has 5 nitrogen and oxygen atoms in total. The smallest absolute Gasteiger partial charge is 0.269 e. The average Bonchev–Trinajstić information content (AvgIpc) is 2.90. The number of para-hydroxylation sites is 1. The van der Waals surface area contributed by atoms with E-state index in [2.05, 4.69) is 9.82 Å². The maximum Gasteiger partial charge on any atom is 0.418 e. The zero-order chi connectivity index (χ0) is 14.5. The zero-order valence-corrected chi connectivity index (χ0v) is 10.5. The van der Waals surface area contributed by atoms with E-state index in [1.807, 2.05) is 0 Å². The number of fused-ring (bicyclic) bond motifs is 1. The lowest BCUT2D eigenvalue weighted by atomic mass is 10.1. The number of halogens is 3. The topological polar surface area (TPSA) is 64.0 Å². The van der Waals surface area contributed by atoms with Crippen LogP contribution in [-0.4, -0.2) is 19.9 Å². The lowest BCUT2D eigenvalue weighted by molar-refractivity contribution is -0.136. The van der Waals surface area contributed by atoms with Gasteiger partial charge in [-0.25, -0.2) is 8.89 Å². The van der Waals surface area contributed by atoms with Crippen molar-refractivity contribution in [1.82, 2.24) is 14.5 Å². The normalized spacial score (nSPS) is 19.2. The molecule has 1 aromatic heterocycles. The molecule has 3 rings (SSSR count).